The molecule has 0 unspecified atom stereocenters. The van der Waals surface area contributed by atoms with Gasteiger partial charge in [0.05, 0.1) is 5.56 Å². The fourth-order valence-electron chi connectivity index (χ4n) is 1.57. The molecule has 1 N–H and O–H groups in total. The third kappa shape index (κ3) is 2.29. The van der Waals surface area contributed by atoms with Crippen molar-refractivity contribution < 1.29 is 9.59 Å². The first kappa shape index (κ1) is 11.6. The number of nitrogens with zero attached hydrogens (tertiary/aromatic N) is 2. The summed E-state index contributed by atoms with van der Waals surface area (Å²) >= 11 is 3.26. The number of nitriles is 1. The van der Waals surface area contributed by atoms with Crippen molar-refractivity contribution in [2.24, 2.45) is 0 Å². The predicted octanol–water partition coefficient (Wildman–Crippen LogP) is 1.77. The second kappa shape index (κ2) is 4.55. The number of halogens is 1. The SMILES string of the molecule is N#Cc1ccc(N2CCC(=O)NC2=O)cc1Br. The molecule has 3 amide bonds. The number of carbonyl (C=O) groups excluding carboxylic acids is 2. The molecular weight excluding hydrogens is 286 g/mol. The molecule has 1 aliphatic heterocycles. The van der Waals surface area contributed by atoms with Crippen LogP contribution in [-0.4, -0.2) is 18.5 Å². The molecule has 0 spiro atoms. The molecule has 0 atom stereocenters. The highest BCUT2D eigenvalue weighted by molar-refractivity contribution is 9.10. The summed E-state index contributed by atoms with van der Waals surface area (Å²) in [5, 5.41) is 11.0. The molecule has 0 radical (unpaired) electrons. The Bertz CT molecular complexity index is 536. The van der Waals surface area contributed by atoms with Crippen molar-refractivity contribution in [3.8, 4) is 6.07 Å². The van der Waals surface area contributed by atoms with Crippen molar-refractivity contribution in [1.29, 1.82) is 5.26 Å². The molecule has 0 aromatic heterocycles. The van der Waals surface area contributed by atoms with Crippen LogP contribution in [0.25, 0.3) is 0 Å². The van der Waals surface area contributed by atoms with Crippen molar-refractivity contribution in [2.45, 2.75) is 6.42 Å². The lowest BCUT2D eigenvalue weighted by Gasteiger charge is -2.26. The third-order valence-electron chi connectivity index (χ3n) is 2.44. The Kier molecular flexibility index (Phi) is 3.11. The van der Waals surface area contributed by atoms with Crippen LogP contribution in [0.1, 0.15) is 12.0 Å². The third-order valence-corrected chi connectivity index (χ3v) is 3.09. The number of nitrogens with one attached hydrogen (secondary N) is 1. The van der Waals surface area contributed by atoms with Crippen LogP contribution >= 0.6 is 15.9 Å². The van der Waals surface area contributed by atoms with Crippen molar-refractivity contribution in [3.05, 3.63) is 28.2 Å². The van der Waals surface area contributed by atoms with E-state index in [4.69, 9.17) is 5.26 Å². The van der Waals surface area contributed by atoms with Gasteiger partial charge in [-0.1, -0.05) is 0 Å². The van der Waals surface area contributed by atoms with Gasteiger partial charge in [-0.05, 0) is 34.1 Å². The molecule has 1 fully saturated rings. The molecule has 1 aliphatic rings. The zero-order chi connectivity index (χ0) is 12.4. The molecule has 17 heavy (non-hydrogen) atoms. The number of hydrogen-bond donors (Lipinski definition) is 1. The molecule has 0 saturated carbocycles. The summed E-state index contributed by atoms with van der Waals surface area (Å²) in [4.78, 5) is 24.1. The van der Waals surface area contributed by atoms with E-state index in [0.717, 1.165) is 0 Å². The zero-order valence-corrected chi connectivity index (χ0v) is 10.3. The smallest absolute Gasteiger partial charge is 0.294 e. The number of carbonyl (C=O) groups is 2. The molecule has 1 aromatic carbocycles. The van der Waals surface area contributed by atoms with Crippen LogP contribution in [0.3, 0.4) is 0 Å². The maximum atomic E-state index is 11.6. The van der Waals surface area contributed by atoms with Crippen LogP contribution < -0.4 is 10.2 Å². The van der Waals surface area contributed by atoms with Gasteiger partial charge >= 0.3 is 6.03 Å². The van der Waals surface area contributed by atoms with Crippen LogP contribution in [0.4, 0.5) is 10.5 Å². The summed E-state index contributed by atoms with van der Waals surface area (Å²) in [5.74, 6) is -0.265. The average Bonchev–Trinajstić information content (AvgIpc) is 2.29. The molecule has 86 valence electrons. The normalized spacial score (nSPS) is 15.4. The molecule has 1 saturated heterocycles. The minimum atomic E-state index is -0.433. The summed E-state index contributed by atoms with van der Waals surface area (Å²) in [6.07, 6.45) is 0.281. The van der Waals surface area contributed by atoms with Gasteiger partial charge in [0, 0.05) is 23.1 Å². The lowest BCUT2D eigenvalue weighted by Crippen LogP contribution is -2.49. The van der Waals surface area contributed by atoms with Crippen molar-refractivity contribution in [2.75, 3.05) is 11.4 Å². The quantitative estimate of drug-likeness (QED) is 0.857. The van der Waals surface area contributed by atoms with E-state index in [0.29, 0.717) is 22.3 Å². The minimum absolute atomic E-state index is 0.265. The Morgan fingerprint density at radius 1 is 1.41 bits per heavy atom. The van der Waals surface area contributed by atoms with Gasteiger partial charge in [0.1, 0.15) is 6.07 Å². The lowest BCUT2D eigenvalue weighted by atomic mass is 10.2. The Morgan fingerprint density at radius 2 is 2.18 bits per heavy atom. The Hall–Kier alpha value is -1.87. The number of urea groups is 1. The number of amides is 3. The molecular formula is C11H8BrN3O2. The van der Waals surface area contributed by atoms with E-state index in [2.05, 4.69) is 21.2 Å². The highest BCUT2D eigenvalue weighted by Gasteiger charge is 2.24. The standard InChI is InChI=1S/C11H8BrN3O2/c12-9-5-8(2-1-7(9)6-13)15-4-3-10(16)14-11(15)17/h1-2,5H,3-4H2,(H,14,16,17). The molecule has 0 aliphatic carbocycles. The second-order valence-corrected chi connectivity index (χ2v) is 4.39. The topological polar surface area (TPSA) is 73.2 Å². The van der Waals surface area contributed by atoms with E-state index in [1.165, 1.54) is 4.90 Å². The van der Waals surface area contributed by atoms with E-state index in [1.54, 1.807) is 18.2 Å². The first-order valence-corrected chi connectivity index (χ1v) is 5.72. The number of rotatable bonds is 1. The van der Waals surface area contributed by atoms with E-state index < -0.39 is 6.03 Å². The van der Waals surface area contributed by atoms with Gasteiger partial charge in [0.15, 0.2) is 0 Å². The summed E-state index contributed by atoms with van der Waals surface area (Å²) in [6.45, 7) is 0.350. The predicted molar refractivity (Wildman–Crippen MR) is 64.4 cm³/mol. The Labute approximate surface area is 106 Å². The van der Waals surface area contributed by atoms with Gasteiger partial charge in [0.2, 0.25) is 5.91 Å². The van der Waals surface area contributed by atoms with E-state index in [9.17, 15) is 9.59 Å². The first-order chi connectivity index (χ1) is 8.11. The maximum absolute atomic E-state index is 11.6. The Balaban J connectivity index is 2.29. The van der Waals surface area contributed by atoms with Crippen molar-refractivity contribution >= 4 is 33.6 Å². The largest absolute Gasteiger partial charge is 0.328 e. The Morgan fingerprint density at radius 3 is 2.76 bits per heavy atom. The van der Waals surface area contributed by atoms with Gasteiger partial charge in [0.25, 0.3) is 0 Å². The number of hydrogen-bond acceptors (Lipinski definition) is 3. The summed E-state index contributed by atoms with van der Waals surface area (Å²) in [5.41, 5.74) is 1.16. The summed E-state index contributed by atoms with van der Waals surface area (Å²) in [6, 6.07) is 6.59. The summed E-state index contributed by atoms with van der Waals surface area (Å²) in [7, 11) is 0. The van der Waals surface area contributed by atoms with Crippen LogP contribution in [0.2, 0.25) is 0 Å². The second-order valence-electron chi connectivity index (χ2n) is 3.53. The highest BCUT2D eigenvalue weighted by Crippen LogP contribution is 2.24. The summed E-state index contributed by atoms with van der Waals surface area (Å²) < 4.78 is 0.627. The molecule has 1 aromatic rings. The highest BCUT2D eigenvalue weighted by atomic mass is 79.9. The molecule has 2 rings (SSSR count). The van der Waals surface area contributed by atoms with Crippen LogP contribution in [-0.2, 0) is 4.79 Å². The number of benzene rings is 1. The molecule has 5 nitrogen and oxygen atoms in total. The molecule has 6 heteroatoms. The van der Waals surface area contributed by atoms with Gasteiger partial charge < -0.3 is 0 Å². The molecule has 0 bridgehead atoms. The van der Waals surface area contributed by atoms with Crippen LogP contribution in [0.5, 0.6) is 0 Å². The number of imide groups is 1. The fourth-order valence-corrected chi connectivity index (χ4v) is 2.03. The minimum Gasteiger partial charge on any atom is -0.294 e. The van der Waals surface area contributed by atoms with Gasteiger partial charge in [-0.25, -0.2) is 4.79 Å². The fraction of sp³-hybridized carbons (Fsp3) is 0.182. The zero-order valence-electron chi connectivity index (χ0n) is 8.74. The van der Waals surface area contributed by atoms with E-state index >= 15 is 0 Å². The van der Waals surface area contributed by atoms with Gasteiger partial charge in [-0.2, -0.15) is 5.26 Å². The van der Waals surface area contributed by atoms with Gasteiger partial charge in [-0.15, -0.1) is 0 Å². The van der Waals surface area contributed by atoms with Crippen LogP contribution in [0, 0.1) is 11.3 Å². The number of anilines is 1. The van der Waals surface area contributed by atoms with Crippen molar-refractivity contribution in [3.63, 3.8) is 0 Å². The maximum Gasteiger partial charge on any atom is 0.328 e. The molecule has 1 heterocycles. The average molecular weight is 294 g/mol. The lowest BCUT2D eigenvalue weighted by molar-refractivity contribution is -0.120. The van der Waals surface area contributed by atoms with Gasteiger partial charge in [-0.3, -0.25) is 15.0 Å². The van der Waals surface area contributed by atoms with E-state index in [1.807, 2.05) is 6.07 Å². The van der Waals surface area contributed by atoms with E-state index in [-0.39, 0.29) is 12.3 Å². The monoisotopic (exact) mass is 293 g/mol. The van der Waals surface area contributed by atoms with Crippen LogP contribution in [0.15, 0.2) is 22.7 Å². The van der Waals surface area contributed by atoms with Crippen molar-refractivity contribution in [1.82, 2.24) is 5.32 Å². The first-order valence-electron chi connectivity index (χ1n) is 4.93.